The molecule has 0 aliphatic rings. The molecule has 100 valence electrons. The maximum Gasteiger partial charge on any atom is 0.387 e. The van der Waals surface area contributed by atoms with Crippen LogP contribution in [0.5, 0.6) is 5.75 Å². The molecule has 0 aromatic heterocycles. The van der Waals surface area contributed by atoms with Crippen LogP contribution in [-0.2, 0) is 0 Å². The van der Waals surface area contributed by atoms with Gasteiger partial charge in [-0.25, -0.2) is 0 Å². The van der Waals surface area contributed by atoms with Crippen LogP contribution in [0.25, 0.3) is 0 Å². The number of hydrogen-bond acceptors (Lipinski definition) is 2. The SMILES string of the molecule is CCCNC(=S)Nc1ccc(OC(F)F)cc1C. The largest absolute Gasteiger partial charge is 0.435 e. The Bertz CT molecular complexity index is 413. The first-order chi connectivity index (χ1) is 8.52. The summed E-state index contributed by atoms with van der Waals surface area (Å²) < 4.78 is 28.4. The molecule has 0 aliphatic carbocycles. The topological polar surface area (TPSA) is 33.3 Å². The van der Waals surface area contributed by atoms with Crippen LogP contribution in [0.3, 0.4) is 0 Å². The molecule has 1 rings (SSSR count). The smallest absolute Gasteiger partial charge is 0.387 e. The molecular formula is C12H16F2N2OS. The minimum atomic E-state index is -2.81. The molecule has 0 atom stereocenters. The van der Waals surface area contributed by atoms with Crippen LogP contribution in [0.4, 0.5) is 14.5 Å². The third kappa shape index (κ3) is 4.83. The quantitative estimate of drug-likeness (QED) is 0.807. The molecule has 1 aromatic rings. The van der Waals surface area contributed by atoms with E-state index in [0.717, 1.165) is 24.2 Å². The summed E-state index contributed by atoms with van der Waals surface area (Å²) in [7, 11) is 0. The summed E-state index contributed by atoms with van der Waals surface area (Å²) in [4.78, 5) is 0. The molecule has 0 saturated carbocycles. The van der Waals surface area contributed by atoms with E-state index in [9.17, 15) is 8.78 Å². The van der Waals surface area contributed by atoms with Crippen molar-refractivity contribution in [2.75, 3.05) is 11.9 Å². The second-order valence-corrected chi connectivity index (χ2v) is 4.14. The van der Waals surface area contributed by atoms with E-state index in [1.54, 1.807) is 13.0 Å². The highest BCUT2D eigenvalue weighted by atomic mass is 32.1. The highest BCUT2D eigenvalue weighted by Gasteiger charge is 2.07. The maximum atomic E-state index is 12.0. The Labute approximate surface area is 111 Å². The summed E-state index contributed by atoms with van der Waals surface area (Å²) in [5, 5.41) is 6.54. The number of thiocarbonyl (C=S) groups is 1. The fourth-order valence-corrected chi connectivity index (χ4v) is 1.57. The average molecular weight is 274 g/mol. The number of rotatable bonds is 5. The molecule has 3 nitrogen and oxygen atoms in total. The molecule has 18 heavy (non-hydrogen) atoms. The van der Waals surface area contributed by atoms with Crippen LogP contribution in [-0.4, -0.2) is 18.3 Å². The molecule has 1 aromatic carbocycles. The maximum absolute atomic E-state index is 12.0. The van der Waals surface area contributed by atoms with Gasteiger partial charge in [0.2, 0.25) is 0 Å². The zero-order valence-corrected chi connectivity index (χ0v) is 11.1. The molecule has 2 N–H and O–H groups in total. The molecule has 0 bridgehead atoms. The Morgan fingerprint density at radius 3 is 2.72 bits per heavy atom. The van der Waals surface area contributed by atoms with E-state index in [1.165, 1.54) is 12.1 Å². The molecule has 0 radical (unpaired) electrons. The summed E-state index contributed by atoms with van der Waals surface area (Å²) in [5.74, 6) is 0.139. The molecule has 0 aliphatic heterocycles. The van der Waals surface area contributed by atoms with E-state index in [2.05, 4.69) is 15.4 Å². The number of halogens is 2. The summed E-state index contributed by atoms with van der Waals surface area (Å²) >= 11 is 5.09. The van der Waals surface area contributed by atoms with Crippen LogP contribution < -0.4 is 15.4 Å². The molecule has 6 heteroatoms. The lowest BCUT2D eigenvalue weighted by atomic mass is 10.2. The Morgan fingerprint density at radius 1 is 1.44 bits per heavy atom. The van der Waals surface area contributed by atoms with Gasteiger partial charge in [-0.05, 0) is 49.3 Å². The standard InChI is InChI=1S/C12H16F2N2OS/c1-3-6-15-12(18)16-10-5-4-9(7-8(10)2)17-11(13)14/h4-5,7,11H,3,6H2,1-2H3,(H2,15,16,18). The Morgan fingerprint density at radius 2 is 2.17 bits per heavy atom. The van der Waals surface area contributed by atoms with E-state index in [4.69, 9.17) is 12.2 Å². The second kappa shape index (κ2) is 7.10. The van der Waals surface area contributed by atoms with Crippen LogP contribution in [0.1, 0.15) is 18.9 Å². The Hall–Kier alpha value is -1.43. The lowest BCUT2D eigenvalue weighted by Gasteiger charge is -2.13. The molecular weight excluding hydrogens is 258 g/mol. The van der Waals surface area contributed by atoms with Gasteiger partial charge in [-0.3, -0.25) is 0 Å². The van der Waals surface area contributed by atoms with Crippen molar-refractivity contribution in [2.45, 2.75) is 26.9 Å². The number of benzene rings is 1. The van der Waals surface area contributed by atoms with Crippen molar-refractivity contribution >= 4 is 23.0 Å². The van der Waals surface area contributed by atoms with E-state index >= 15 is 0 Å². The summed E-state index contributed by atoms with van der Waals surface area (Å²) in [6.07, 6.45) is 0.974. The number of alkyl halides is 2. The fraction of sp³-hybridized carbons (Fsp3) is 0.417. The predicted molar refractivity (Wildman–Crippen MR) is 72.3 cm³/mol. The Balaban J connectivity index is 2.64. The number of aryl methyl sites for hydroxylation is 1. The average Bonchev–Trinajstić information content (AvgIpc) is 2.29. The minimum absolute atomic E-state index is 0.139. The molecule has 0 spiro atoms. The van der Waals surface area contributed by atoms with Gasteiger partial charge in [0.15, 0.2) is 5.11 Å². The first-order valence-corrected chi connectivity index (χ1v) is 6.04. The van der Waals surface area contributed by atoms with Crippen LogP contribution >= 0.6 is 12.2 Å². The first kappa shape index (κ1) is 14.6. The van der Waals surface area contributed by atoms with Gasteiger partial charge in [0.05, 0.1) is 0 Å². The van der Waals surface area contributed by atoms with Gasteiger partial charge in [-0.1, -0.05) is 6.92 Å². The van der Waals surface area contributed by atoms with Crippen molar-refractivity contribution in [3.63, 3.8) is 0 Å². The van der Waals surface area contributed by atoms with Gasteiger partial charge in [-0.15, -0.1) is 0 Å². The van der Waals surface area contributed by atoms with Crippen LogP contribution in [0.2, 0.25) is 0 Å². The molecule has 0 heterocycles. The normalized spacial score (nSPS) is 10.3. The number of ether oxygens (including phenoxy) is 1. The second-order valence-electron chi connectivity index (χ2n) is 3.74. The third-order valence-electron chi connectivity index (χ3n) is 2.21. The number of hydrogen-bond donors (Lipinski definition) is 2. The zero-order valence-electron chi connectivity index (χ0n) is 10.3. The summed E-state index contributed by atoms with van der Waals surface area (Å²) in [5.41, 5.74) is 1.55. The van der Waals surface area contributed by atoms with E-state index in [0.29, 0.717) is 5.11 Å². The van der Waals surface area contributed by atoms with Gasteiger partial charge in [0, 0.05) is 12.2 Å². The zero-order chi connectivity index (χ0) is 13.5. The van der Waals surface area contributed by atoms with Gasteiger partial charge < -0.3 is 15.4 Å². The Kier molecular flexibility index (Phi) is 5.77. The molecule has 0 amide bonds. The van der Waals surface area contributed by atoms with Crippen molar-refractivity contribution in [3.8, 4) is 5.75 Å². The van der Waals surface area contributed by atoms with E-state index in [1.807, 2.05) is 6.92 Å². The van der Waals surface area contributed by atoms with Crippen molar-refractivity contribution in [2.24, 2.45) is 0 Å². The van der Waals surface area contributed by atoms with Crippen molar-refractivity contribution in [1.29, 1.82) is 0 Å². The van der Waals surface area contributed by atoms with Gasteiger partial charge in [0.25, 0.3) is 0 Å². The summed E-state index contributed by atoms with van der Waals surface area (Å²) in [6.45, 7) is 1.81. The van der Waals surface area contributed by atoms with Gasteiger partial charge in [0.1, 0.15) is 5.75 Å². The highest BCUT2D eigenvalue weighted by molar-refractivity contribution is 7.80. The monoisotopic (exact) mass is 274 g/mol. The predicted octanol–water partition coefficient (Wildman–Crippen LogP) is 3.29. The van der Waals surface area contributed by atoms with Crippen LogP contribution in [0, 0.1) is 6.92 Å². The van der Waals surface area contributed by atoms with Crippen LogP contribution in [0.15, 0.2) is 18.2 Å². The lowest BCUT2D eigenvalue weighted by molar-refractivity contribution is -0.0498. The minimum Gasteiger partial charge on any atom is -0.435 e. The number of anilines is 1. The van der Waals surface area contributed by atoms with E-state index < -0.39 is 6.61 Å². The third-order valence-corrected chi connectivity index (χ3v) is 2.45. The molecule has 0 fully saturated rings. The molecule has 0 saturated heterocycles. The summed E-state index contributed by atoms with van der Waals surface area (Å²) in [6, 6.07) is 4.67. The fourth-order valence-electron chi connectivity index (χ4n) is 1.36. The van der Waals surface area contributed by atoms with Crippen molar-refractivity contribution in [3.05, 3.63) is 23.8 Å². The lowest BCUT2D eigenvalue weighted by Crippen LogP contribution is -2.29. The first-order valence-electron chi connectivity index (χ1n) is 5.63. The van der Waals surface area contributed by atoms with E-state index in [-0.39, 0.29) is 5.75 Å². The van der Waals surface area contributed by atoms with Gasteiger partial charge in [-0.2, -0.15) is 8.78 Å². The molecule has 0 unspecified atom stereocenters. The number of nitrogens with one attached hydrogen (secondary N) is 2. The van der Waals surface area contributed by atoms with Gasteiger partial charge >= 0.3 is 6.61 Å². The van der Waals surface area contributed by atoms with Crippen molar-refractivity contribution in [1.82, 2.24) is 5.32 Å². The van der Waals surface area contributed by atoms with Crippen molar-refractivity contribution < 1.29 is 13.5 Å². The highest BCUT2D eigenvalue weighted by Crippen LogP contribution is 2.22.